The number of benzene rings is 4. The molecular weight excluding hydrogens is 753 g/mol. The molecule has 0 N–H and O–H groups in total. The summed E-state index contributed by atoms with van der Waals surface area (Å²) in [6.07, 6.45) is 14.4. The van der Waals surface area contributed by atoms with Crippen molar-refractivity contribution in [3.63, 3.8) is 0 Å². The molecule has 4 aromatic carbocycles. The first-order chi connectivity index (χ1) is 27.4. The van der Waals surface area contributed by atoms with Gasteiger partial charge in [0.05, 0.1) is 15.5 Å². The van der Waals surface area contributed by atoms with E-state index >= 15 is 0 Å². The van der Waals surface area contributed by atoms with Crippen LogP contribution in [0.15, 0.2) is 119 Å². The monoisotopic (exact) mass is 803 g/mol. The fourth-order valence-corrected chi connectivity index (χ4v) is 11.2. The molecule has 2 heterocycles. The van der Waals surface area contributed by atoms with Gasteiger partial charge in [-0.25, -0.2) is 8.42 Å². The lowest BCUT2D eigenvalue weighted by Gasteiger charge is -2.31. The van der Waals surface area contributed by atoms with Crippen LogP contribution in [0.5, 0.6) is 0 Å². The van der Waals surface area contributed by atoms with E-state index in [4.69, 9.17) is 0 Å². The third-order valence-electron chi connectivity index (χ3n) is 12.4. The minimum absolute atomic E-state index is 0.226. The fourth-order valence-electron chi connectivity index (χ4n) is 10.3. The van der Waals surface area contributed by atoms with Crippen LogP contribution in [0, 0.1) is 0 Å². The van der Waals surface area contributed by atoms with Crippen LogP contribution < -0.4 is 10.2 Å². The maximum atomic E-state index is 11.7. The Hall–Kier alpha value is -4.03. The third kappa shape index (κ3) is 7.68. The van der Waals surface area contributed by atoms with E-state index in [0.29, 0.717) is 12.3 Å². The highest BCUT2D eigenvalue weighted by atomic mass is 32.2. The molecule has 0 aromatic heterocycles. The Morgan fingerprint density at radius 2 is 1.53 bits per heavy atom. The number of fused-ring (bicyclic) bond motifs is 6. The second kappa shape index (κ2) is 16.0. The van der Waals surface area contributed by atoms with Crippen molar-refractivity contribution in [3.8, 4) is 0 Å². The van der Waals surface area contributed by atoms with E-state index < -0.39 is 10.1 Å². The normalized spacial score (nSPS) is 21.0. The van der Waals surface area contributed by atoms with Gasteiger partial charge >= 0.3 is 0 Å². The molecule has 0 saturated heterocycles. The Morgan fingerprint density at radius 1 is 0.825 bits per heavy atom. The van der Waals surface area contributed by atoms with Crippen LogP contribution in [-0.4, -0.2) is 47.9 Å². The van der Waals surface area contributed by atoms with Gasteiger partial charge in [-0.05, 0) is 121 Å². The van der Waals surface area contributed by atoms with Gasteiger partial charge in [-0.2, -0.15) is 8.91 Å². The molecule has 8 rings (SSSR count). The molecule has 8 nitrogen and oxygen atoms in total. The number of hydrogen-bond acceptors (Lipinski definition) is 8. The zero-order valence-corrected chi connectivity index (χ0v) is 34.9. The van der Waals surface area contributed by atoms with Gasteiger partial charge in [0, 0.05) is 70.5 Å². The fraction of sp³-hybridized carbons (Fsp3) is 0.383. The molecule has 4 aromatic rings. The van der Waals surface area contributed by atoms with Crippen LogP contribution in [0.1, 0.15) is 90.2 Å². The first-order valence-corrected chi connectivity index (χ1v) is 22.7. The highest BCUT2D eigenvalue weighted by molar-refractivity contribution is 7.94. The number of allylic oxidation sites excluding steroid dienone is 8. The van der Waals surface area contributed by atoms with Gasteiger partial charge in [0.15, 0.2) is 5.71 Å². The van der Waals surface area contributed by atoms with Gasteiger partial charge in [-0.1, -0.05) is 80.6 Å². The summed E-state index contributed by atoms with van der Waals surface area (Å²) in [4.78, 5) is 2.31. The lowest BCUT2D eigenvalue weighted by molar-refractivity contribution is -0.777. The van der Waals surface area contributed by atoms with Gasteiger partial charge < -0.3 is 14.7 Å². The van der Waals surface area contributed by atoms with Crippen molar-refractivity contribution in [2.45, 2.75) is 89.9 Å². The van der Waals surface area contributed by atoms with Crippen molar-refractivity contribution in [1.82, 2.24) is 0 Å². The van der Waals surface area contributed by atoms with Crippen LogP contribution in [0.3, 0.4) is 0 Å². The quantitative estimate of drug-likeness (QED) is 0.0348. The molecular formula is C47H51N2O6S2-. The van der Waals surface area contributed by atoms with Crippen molar-refractivity contribution in [3.05, 3.63) is 130 Å². The van der Waals surface area contributed by atoms with Crippen molar-refractivity contribution in [2.24, 2.45) is 0 Å². The van der Waals surface area contributed by atoms with Crippen LogP contribution in [0.25, 0.3) is 21.5 Å². The summed E-state index contributed by atoms with van der Waals surface area (Å²) >= 11 is 1.04. The summed E-state index contributed by atoms with van der Waals surface area (Å²) in [5.41, 5.74) is 12.3. The van der Waals surface area contributed by atoms with E-state index in [-0.39, 0.29) is 23.0 Å². The third-order valence-corrected chi connectivity index (χ3v) is 13.7. The Balaban J connectivity index is 1.18. The Bertz CT molecular complexity index is 2510. The largest absolute Gasteiger partial charge is 0.748 e. The first kappa shape index (κ1) is 39.8. The van der Waals surface area contributed by atoms with Crippen molar-refractivity contribution in [2.75, 3.05) is 29.5 Å². The lowest BCUT2D eigenvalue weighted by Crippen LogP contribution is -2.32. The molecule has 10 heteroatoms. The summed E-state index contributed by atoms with van der Waals surface area (Å²) < 4.78 is 42.2. The number of rotatable bonds is 12. The van der Waals surface area contributed by atoms with Crippen LogP contribution in [-0.2, 0) is 30.3 Å². The molecule has 0 fully saturated rings. The molecule has 0 amide bonds. The number of hydrogen-bond donors (Lipinski definition) is 0. The predicted molar refractivity (Wildman–Crippen MR) is 228 cm³/mol. The predicted octanol–water partition coefficient (Wildman–Crippen LogP) is 9.77. The van der Waals surface area contributed by atoms with E-state index in [1.54, 1.807) is 0 Å². The molecule has 0 unspecified atom stereocenters. The summed E-state index contributed by atoms with van der Waals surface area (Å²) in [6, 6.07) is 26.0. The zero-order valence-electron chi connectivity index (χ0n) is 33.3. The summed E-state index contributed by atoms with van der Waals surface area (Å²) in [6.45, 7) is 10.6. The summed E-state index contributed by atoms with van der Waals surface area (Å²) in [5, 5.41) is 18.9. The zero-order chi connectivity index (χ0) is 40.0. The van der Waals surface area contributed by atoms with Crippen LogP contribution >= 0.6 is 12.0 Å². The molecule has 298 valence electrons. The molecule has 0 radical (unpaired) electrons. The van der Waals surface area contributed by atoms with E-state index in [2.05, 4.69) is 138 Å². The van der Waals surface area contributed by atoms with Gasteiger partial charge in [0.1, 0.15) is 6.54 Å². The van der Waals surface area contributed by atoms with E-state index in [1.165, 1.54) is 72.1 Å². The maximum Gasteiger partial charge on any atom is 0.210 e. The summed E-state index contributed by atoms with van der Waals surface area (Å²) in [5.74, 6) is 0.258. The second-order valence-electron chi connectivity index (χ2n) is 16.9. The molecule has 0 atom stereocenters. The van der Waals surface area contributed by atoms with E-state index in [1.807, 2.05) is 0 Å². The van der Waals surface area contributed by atoms with E-state index in [0.717, 1.165) is 69.2 Å². The Morgan fingerprint density at radius 3 is 2.26 bits per heavy atom. The average molecular weight is 804 g/mol. The highest BCUT2D eigenvalue weighted by Crippen LogP contribution is 2.53. The summed E-state index contributed by atoms with van der Waals surface area (Å²) in [7, 11) is -4.32. The van der Waals surface area contributed by atoms with Gasteiger partial charge in [-0.15, -0.1) is 0 Å². The average Bonchev–Trinajstić information content (AvgIpc) is 3.56. The van der Waals surface area contributed by atoms with Crippen molar-refractivity contribution >= 4 is 60.8 Å². The van der Waals surface area contributed by atoms with Crippen LogP contribution in [0.4, 0.5) is 11.4 Å². The standard InChI is InChI=1S/C47H52N2O6S2/c1-46(2)42-38-19-7-5-15-34(38)21-23-40(42)48(25-11-27-56-55-54-50)44(46)36-17-9-13-32(30-36)29-33-14-10-18-37(31-33)45-47(3,4)43-39-20-8-6-16-35(39)22-24-41(43)49(45)26-12-28-57(51,52)53/h5-8,15-16,19-24,29-31H,9-14,17-18,25-28H2,1-4H3,(H-,50,51,52,53)/p-1. The minimum atomic E-state index is -4.32. The smallest absolute Gasteiger partial charge is 0.210 e. The number of nitrogens with zero attached hydrogens (tertiary/aromatic N) is 2. The molecule has 0 bridgehead atoms. The molecule has 2 aliphatic heterocycles. The molecule has 0 saturated carbocycles. The topological polar surface area (TPSA) is 105 Å². The lowest BCUT2D eigenvalue weighted by atomic mass is 9.74. The van der Waals surface area contributed by atoms with Gasteiger partial charge in [0.2, 0.25) is 5.69 Å². The maximum absolute atomic E-state index is 11.7. The van der Waals surface area contributed by atoms with Crippen molar-refractivity contribution < 1.29 is 32.2 Å². The number of anilines is 1. The first-order valence-electron chi connectivity index (χ1n) is 20.2. The molecule has 2 aliphatic carbocycles. The Kier molecular flexibility index (Phi) is 11.1. The minimum Gasteiger partial charge on any atom is -0.748 e. The second-order valence-corrected chi connectivity index (χ2v) is 19.2. The molecule has 4 aliphatic rings. The van der Waals surface area contributed by atoms with Gasteiger partial charge in [0.25, 0.3) is 0 Å². The Labute approximate surface area is 341 Å². The van der Waals surface area contributed by atoms with Gasteiger partial charge in [-0.3, -0.25) is 5.04 Å². The van der Waals surface area contributed by atoms with Crippen molar-refractivity contribution in [1.29, 1.82) is 0 Å². The molecule has 57 heavy (non-hydrogen) atoms. The molecule has 0 spiro atoms. The van der Waals surface area contributed by atoms with E-state index in [9.17, 15) is 18.2 Å². The highest BCUT2D eigenvalue weighted by Gasteiger charge is 2.48. The SMILES string of the molecule is CC1(C)C(C2=C/C(=C/C3=CC(=C4/N(CCCS(=O)(=O)[O-])c5ccc6ccccc6c5C4(C)C)/CCC3)CCC2)=[N+](CCCSOO[O-])c2ccc3ccccc3c21. The van der Waals surface area contributed by atoms with Crippen LogP contribution in [0.2, 0.25) is 0 Å².